The Kier molecular flexibility index (Phi) is 5.49. The first-order chi connectivity index (χ1) is 8.07. The van der Waals surface area contributed by atoms with Crippen LogP contribution in [0.1, 0.15) is 39.2 Å². The molecule has 2 heteroatoms. The monoisotopic (exact) mass is 235 g/mol. The van der Waals surface area contributed by atoms with E-state index in [1.165, 1.54) is 18.4 Å². The van der Waals surface area contributed by atoms with E-state index in [1.807, 2.05) is 7.05 Å². The van der Waals surface area contributed by atoms with E-state index in [0.717, 1.165) is 18.7 Å². The molecule has 0 saturated carbocycles. The quantitative estimate of drug-likeness (QED) is 0.782. The van der Waals surface area contributed by atoms with Crippen molar-refractivity contribution in [1.82, 2.24) is 5.32 Å². The topological polar surface area (TPSA) is 21.3 Å². The molecule has 0 saturated heterocycles. The summed E-state index contributed by atoms with van der Waals surface area (Å²) in [6.07, 6.45) is 3.66. The second kappa shape index (κ2) is 6.65. The molecule has 96 valence electrons. The maximum absolute atomic E-state index is 5.94. The SMILES string of the molecule is CCCCc1ccc(OC(C)(C)CNC)cc1. The van der Waals surface area contributed by atoms with E-state index in [0.29, 0.717) is 0 Å². The molecule has 0 unspecified atom stereocenters. The van der Waals surface area contributed by atoms with E-state index >= 15 is 0 Å². The molecule has 1 rings (SSSR count). The van der Waals surface area contributed by atoms with Gasteiger partial charge in [0.1, 0.15) is 11.4 Å². The van der Waals surface area contributed by atoms with Crippen LogP contribution < -0.4 is 10.1 Å². The fraction of sp³-hybridized carbons (Fsp3) is 0.600. The lowest BCUT2D eigenvalue weighted by Crippen LogP contribution is -2.38. The molecule has 0 heterocycles. The number of aryl methyl sites for hydroxylation is 1. The van der Waals surface area contributed by atoms with E-state index in [1.54, 1.807) is 0 Å². The molecule has 0 atom stereocenters. The largest absolute Gasteiger partial charge is 0.487 e. The van der Waals surface area contributed by atoms with Gasteiger partial charge in [0.05, 0.1) is 0 Å². The fourth-order valence-corrected chi connectivity index (χ4v) is 1.89. The van der Waals surface area contributed by atoms with E-state index in [2.05, 4.69) is 50.4 Å². The van der Waals surface area contributed by atoms with Crippen LogP contribution in [0, 0.1) is 0 Å². The summed E-state index contributed by atoms with van der Waals surface area (Å²) in [6, 6.07) is 8.48. The number of nitrogens with one attached hydrogen (secondary N) is 1. The van der Waals surface area contributed by atoms with E-state index in [4.69, 9.17) is 4.74 Å². The number of hydrogen-bond donors (Lipinski definition) is 1. The smallest absolute Gasteiger partial charge is 0.120 e. The highest BCUT2D eigenvalue weighted by atomic mass is 16.5. The van der Waals surface area contributed by atoms with Crippen molar-refractivity contribution in [2.75, 3.05) is 13.6 Å². The van der Waals surface area contributed by atoms with Crippen molar-refractivity contribution in [2.24, 2.45) is 0 Å². The minimum Gasteiger partial charge on any atom is -0.487 e. The number of hydrogen-bond acceptors (Lipinski definition) is 2. The Labute approximate surface area is 105 Å². The molecular weight excluding hydrogens is 210 g/mol. The maximum atomic E-state index is 5.94. The van der Waals surface area contributed by atoms with Gasteiger partial charge < -0.3 is 10.1 Å². The van der Waals surface area contributed by atoms with Crippen molar-refractivity contribution in [3.63, 3.8) is 0 Å². The lowest BCUT2D eigenvalue weighted by Gasteiger charge is -2.26. The zero-order valence-corrected chi connectivity index (χ0v) is 11.5. The van der Waals surface area contributed by atoms with Crippen molar-refractivity contribution in [3.05, 3.63) is 29.8 Å². The summed E-state index contributed by atoms with van der Waals surface area (Å²) in [4.78, 5) is 0. The molecule has 2 nitrogen and oxygen atoms in total. The zero-order chi connectivity index (χ0) is 12.7. The summed E-state index contributed by atoms with van der Waals surface area (Å²) in [7, 11) is 1.94. The highest BCUT2D eigenvalue weighted by Crippen LogP contribution is 2.19. The lowest BCUT2D eigenvalue weighted by molar-refractivity contribution is 0.110. The van der Waals surface area contributed by atoms with Crippen LogP contribution in [0.3, 0.4) is 0 Å². The molecule has 0 fully saturated rings. The Morgan fingerprint density at radius 1 is 1.18 bits per heavy atom. The third kappa shape index (κ3) is 5.22. The molecule has 1 aromatic carbocycles. The Bertz CT molecular complexity index is 316. The number of unbranched alkanes of at least 4 members (excludes halogenated alkanes) is 1. The third-order valence-electron chi connectivity index (χ3n) is 2.74. The molecular formula is C15H25NO. The van der Waals surface area contributed by atoms with Crippen molar-refractivity contribution in [1.29, 1.82) is 0 Å². The highest BCUT2D eigenvalue weighted by Gasteiger charge is 2.18. The Morgan fingerprint density at radius 2 is 1.82 bits per heavy atom. The summed E-state index contributed by atoms with van der Waals surface area (Å²) in [6.45, 7) is 7.24. The third-order valence-corrected chi connectivity index (χ3v) is 2.74. The van der Waals surface area contributed by atoms with Crippen molar-refractivity contribution < 1.29 is 4.74 Å². The van der Waals surface area contributed by atoms with Gasteiger partial charge in [-0.2, -0.15) is 0 Å². The summed E-state index contributed by atoms with van der Waals surface area (Å²) >= 11 is 0. The molecule has 0 aliphatic heterocycles. The van der Waals surface area contributed by atoms with Gasteiger partial charge in [-0.25, -0.2) is 0 Å². The molecule has 0 spiro atoms. The van der Waals surface area contributed by atoms with Gasteiger partial charge in [-0.15, -0.1) is 0 Å². The molecule has 1 N–H and O–H groups in total. The average molecular weight is 235 g/mol. The molecule has 0 aliphatic carbocycles. The second-order valence-electron chi connectivity index (χ2n) is 5.14. The van der Waals surface area contributed by atoms with Crippen LogP contribution in [0.5, 0.6) is 5.75 Å². The van der Waals surface area contributed by atoms with Crippen LogP contribution in [0.25, 0.3) is 0 Å². The van der Waals surface area contributed by atoms with Crippen molar-refractivity contribution >= 4 is 0 Å². The molecule has 0 amide bonds. The number of likely N-dealkylation sites (N-methyl/N-ethyl adjacent to an activating group) is 1. The minimum absolute atomic E-state index is 0.167. The van der Waals surface area contributed by atoms with Crippen molar-refractivity contribution in [2.45, 2.75) is 45.6 Å². The molecule has 0 aromatic heterocycles. The van der Waals surface area contributed by atoms with Crippen LogP contribution >= 0.6 is 0 Å². The summed E-state index contributed by atoms with van der Waals surface area (Å²) in [5.74, 6) is 0.950. The Hall–Kier alpha value is -1.02. The maximum Gasteiger partial charge on any atom is 0.120 e. The van der Waals surface area contributed by atoms with Gasteiger partial charge in [-0.1, -0.05) is 25.5 Å². The average Bonchev–Trinajstić information content (AvgIpc) is 2.27. The van der Waals surface area contributed by atoms with Crippen LogP contribution in [-0.2, 0) is 6.42 Å². The van der Waals surface area contributed by atoms with Crippen molar-refractivity contribution in [3.8, 4) is 5.75 Å². The molecule has 0 aliphatic rings. The Morgan fingerprint density at radius 3 is 2.35 bits per heavy atom. The molecule has 1 aromatic rings. The molecule has 0 radical (unpaired) electrons. The number of ether oxygens (including phenoxy) is 1. The first-order valence-electron chi connectivity index (χ1n) is 6.50. The molecule has 17 heavy (non-hydrogen) atoms. The van der Waals surface area contributed by atoms with Gasteiger partial charge in [0, 0.05) is 6.54 Å². The molecule has 0 bridgehead atoms. The first-order valence-corrected chi connectivity index (χ1v) is 6.50. The summed E-state index contributed by atoms with van der Waals surface area (Å²) in [5, 5.41) is 3.14. The minimum atomic E-state index is -0.167. The van der Waals surface area contributed by atoms with E-state index in [9.17, 15) is 0 Å². The second-order valence-corrected chi connectivity index (χ2v) is 5.14. The van der Waals surface area contributed by atoms with Crippen LogP contribution in [0.4, 0.5) is 0 Å². The fourth-order valence-electron chi connectivity index (χ4n) is 1.89. The van der Waals surface area contributed by atoms with Gasteiger partial charge in [-0.3, -0.25) is 0 Å². The lowest BCUT2D eigenvalue weighted by atomic mass is 10.1. The number of benzene rings is 1. The Balaban J connectivity index is 2.55. The predicted octanol–water partition coefficient (Wildman–Crippen LogP) is 3.41. The van der Waals surface area contributed by atoms with Crippen LogP contribution in [0.2, 0.25) is 0 Å². The predicted molar refractivity (Wildman–Crippen MR) is 73.7 cm³/mol. The van der Waals surface area contributed by atoms with Gasteiger partial charge in [0.25, 0.3) is 0 Å². The van der Waals surface area contributed by atoms with Gasteiger partial charge in [-0.05, 0) is 51.4 Å². The first kappa shape index (κ1) is 14.0. The standard InChI is InChI=1S/C15H25NO/c1-5-6-7-13-8-10-14(11-9-13)17-15(2,3)12-16-4/h8-11,16H,5-7,12H2,1-4H3. The summed E-state index contributed by atoms with van der Waals surface area (Å²) in [5.41, 5.74) is 1.23. The van der Waals surface area contributed by atoms with Gasteiger partial charge in [0.2, 0.25) is 0 Å². The van der Waals surface area contributed by atoms with Gasteiger partial charge in [0.15, 0.2) is 0 Å². The van der Waals surface area contributed by atoms with Crippen LogP contribution in [0.15, 0.2) is 24.3 Å². The summed E-state index contributed by atoms with van der Waals surface area (Å²) < 4.78 is 5.94. The highest BCUT2D eigenvalue weighted by molar-refractivity contribution is 5.27. The number of rotatable bonds is 7. The van der Waals surface area contributed by atoms with Crippen LogP contribution in [-0.4, -0.2) is 19.2 Å². The normalized spacial score (nSPS) is 11.5. The zero-order valence-electron chi connectivity index (χ0n) is 11.5. The van der Waals surface area contributed by atoms with E-state index in [-0.39, 0.29) is 5.60 Å². The van der Waals surface area contributed by atoms with Gasteiger partial charge >= 0.3 is 0 Å². The van der Waals surface area contributed by atoms with E-state index < -0.39 is 0 Å².